The maximum Gasteiger partial charge on any atom is 0.267 e. The second-order valence-corrected chi connectivity index (χ2v) is 7.95. The van der Waals surface area contributed by atoms with Crippen LogP contribution < -0.4 is 9.47 Å². The molecule has 5 nitrogen and oxygen atoms in total. The summed E-state index contributed by atoms with van der Waals surface area (Å²) in [6.45, 7) is 3.23. The van der Waals surface area contributed by atoms with Crippen molar-refractivity contribution in [3.63, 3.8) is 0 Å². The second kappa shape index (κ2) is 8.82. The Kier molecular flexibility index (Phi) is 5.59. The van der Waals surface area contributed by atoms with Gasteiger partial charge in [0.1, 0.15) is 6.61 Å². The van der Waals surface area contributed by atoms with Crippen LogP contribution in [0, 0.1) is 0 Å². The maximum atomic E-state index is 13.1. The zero-order valence-electron chi connectivity index (χ0n) is 17.4. The molecule has 0 aliphatic carbocycles. The normalized spacial score (nSPS) is 18.7. The molecular weight excluding hydrogens is 388 g/mol. The number of benzene rings is 3. The van der Waals surface area contributed by atoms with Crippen LogP contribution in [-0.4, -0.2) is 54.6 Å². The van der Waals surface area contributed by atoms with Gasteiger partial charge in [-0.15, -0.1) is 0 Å². The lowest BCUT2D eigenvalue weighted by Gasteiger charge is -2.41. The predicted molar refractivity (Wildman–Crippen MR) is 119 cm³/mol. The molecule has 158 valence electrons. The van der Waals surface area contributed by atoms with Crippen molar-refractivity contribution < 1.29 is 14.3 Å². The van der Waals surface area contributed by atoms with Crippen molar-refractivity contribution in [1.29, 1.82) is 0 Å². The van der Waals surface area contributed by atoms with Crippen molar-refractivity contribution in [1.82, 2.24) is 9.80 Å². The fourth-order valence-electron chi connectivity index (χ4n) is 4.43. The molecule has 2 aliphatic heterocycles. The van der Waals surface area contributed by atoms with Crippen molar-refractivity contribution in [3.8, 4) is 11.5 Å². The summed E-state index contributed by atoms with van der Waals surface area (Å²) in [7, 11) is 0. The summed E-state index contributed by atoms with van der Waals surface area (Å²) in [4.78, 5) is 17.5. The number of carbonyl (C=O) groups is 1. The number of ether oxygens (including phenoxy) is 2. The molecule has 3 aromatic rings. The molecule has 5 heteroatoms. The minimum absolute atomic E-state index is 0.00475. The van der Waals surface area contributed by atoms with E-state index in [2.05, 4.69) is 53.4 Å². The lowest BCUT2D eigenvalue weighted by Crippen LogP contribution is -2.54. The maximum absolute atomic E-state index is 13.1. The third-order valence-electron chi connectivity index (χ3n) is 6.01. The molecule has 0 N–H and O–H groups in total. The third kappa shape index (κ3) is 4.14. The number of hydrogen-bond acceptors (Lipinski definition) is 4. The summed E-state index contributed by atoms with van der Waals surface area (Å²) in [6.07, 6.45) is -0.583. The molecule has 0 unspecified atom stereocenters. The van der Waals surface area contributed by atoms with Gasteiger partial charge in [-0.05, 0) is 23.3 Å². The van der Waals surface area contributed by atoms with E-state index in [9.17, 15) is 4.79 Å². The monoisotopic (exact) mass is 414 g/mol. The van der Waals surface area contributed by atoms with Crippen LogP contribution in [0.2, 0.25) is 0 Å². The average Bonchev–Trinajstić information content (AvgIpc) is 2.85. The highest BCUT2D eigenvalue weighted by Crippen LogP contribution is 2.32. The first-order valence-corrected chi connectivity index (χ1v) is 10.8. The SMILES string of the molecule is O=C([C@H]1COc2ccccc2O1)N1CCN(C(c2ccccc2)c2ccccc2)CC1. The number of piperazine rings is 1. The van der Waals surface area contributed by atoms with Crippen LogP contribution in [0.5, 0.6) is 11.5 Å². The van der Waals surface area contributed by atoms with E-state index < -0.39 is 6.10 Å². The van der Waals surface area contributed by atoms with Gasteiger partial charge >= 0.3 is 0 Å². The Morgan fingerprint density at radius 3 is 1.90 bits per heavy atom. The topological polar surface area (TPSA) is 42.0 Å². The van der Waals surface area contributed by atoms with E-state index in [4.69, 9.17) is 9.47 Å². The zero-order chi connectivity index (χ0) is 21.0. The molecule has 3 aromatic carbocycles. The number of para-hydroxylation sites is 2. The van der Waals surface area contributed by atoms with E-state index in [1.54, 1.807) is 0 Å². The van der Waals surface area contributed by atoms with Crippen molar-refractivity contribution >= 4 is 5.91 Å². The molecule has 5 rings (SSSR count). The molecule has 0 saturated carbocycles. The Hall–Kier alpha value is -3.31. The number of rotatable bonds is 4. The standard InChI is InChI=1S/C26H26N2O3/c29-26(24-19-30-22-13-7-8-14-23(22)31-24)28-17-15-27(16-18-28)25(20-9-3-1-4-10-20)21-11-5-2-6-12-21/h1-14,24-25H,15-19H2/t24-/m1/s1. The summed E-state index contributed by atoms with van der Waals surface area (Å²) in [5.41, 5.74) is 2.54. The first kappa shape index (κ1) is 19.6. The van der Waals surface area contributed by atoms with Crippen molar-refractivity contribution in [2.24, 2.45) is 0 Å². The zero-order valence-corrected chi connectivity index (χ0v) is 17.4. The molecule has 1 atom stereocenters. The summed E-state index contributed by atoms with van der Waals surface area (Å²) >= 11 is 0. The van der Waals surface area contributed by atoms with Gasteiger partial charge in [0.25, 0.3) is 5.91 Å². The minimum Gasteiger partial charge on any atom is -0.485 e. The van der Waals surface area contributed by atoms with Crippen molar-refractivity contribution in [2.75, 3.05) is 32.8 Å². The molecule has 0 aromatic heterocycles. The average molecular weight is 415 g/mol. The van der Waals surface area contributed by atoms with Crippen molar-refractivity contribution in [3.05, 3.63) is 96.1 Å². The summed E-state index contributed by atoms with van der Waals surface area (Å²) in [5, 5.41) is 0. The van der Waals surface area contributed by atoms with Crippen LogP contribution >= 0.6 is 0 Å². The lowest BCUT2D eigenvalue weighted by atomic mass is 9.96. The number of fused-ring (bicyclic) bond motifs is 1. The molecule has 1 fully saturated rings. The van der Waals surface area contributed by atoms with Crippen molar-refractivity contribution in [2.45, 2.75) is 12.1 Å². The Morgan fingerprint density at radius 1 is 0.742 bits per heavy atom. The van der Waals surface area contributed by atoms with Gasteiger partial charge in [0.2, 0.25) is 6.10 Å². The van der Waals surface area contributed by atoms with Gasteiger partial charge in [-0.1, -0.05) is 72.8 Å². The molecule has 0 radical (unpaired) electrons. The van der Waals surface area contributed by atoms with Crippen LogP contribution in [0.25, 0.3) is 0 Å². The fraction of sp³-hybridized carbons (Fsp3) is 0.269. The first-order valence-electron chi connectivity index (χ1n) is 10.8. The second-order valence-electron chi connectivity index (χ2n) is 7.95. The molecule has 0 bridgehead atoms. The Morgan fingerprint density at radius 2 is 1.29 bits per heavy atom. The van der Waals surface area contributed by atoms with Gasteiger partial charge in [-0.3, -0.25) is 9.69 Å². The highest BCUT2D eigenvalue weighted by Gasteiger charge is 2.34. The van der Waals surface area contributed by atoms with E-state index in [0.717, 1.165) is 13.1 Å². The molecule has 0 spiro atoms. The smallest absolute Gasteiger partial charge is 0.267 e. The van der Waals surface area contributed by atoms with Crippen LogP contribution in [0.4, 0.5) is 0 Å². The van der Waals surface area contributed by atoms with Crippen LogP contribution in [0.3, 0.4) is 0 Å². The highest BCUT2D eigenvalue weighted by atomic mass is 16.6. The number of carbonyl (C=O) groups excluding carboxylic acids is 1. The van der Waals surface area contributed by atoms with E-state index in [-0.39, 0.29) is 18.6 Å². The Labute approximate surface area is 182 Å². The van der Waals surface area contributed by atoms with Gasteiger partial charge in [0.05, 0.1) is 6.04 Å². The van der Waals surface area contributed by atoms with E-state index in [1.807, 2.05) is 41.3 Å². The first-order chi connectivity index (χ1) is 15.3. The fourth-order valence-corrected chi connectivity index (χ4v) is 4.43. The molecule has 1 saturated heterocycles. The van der Waals surface area contributed by atoms with Gasteiger partial charge in [0, 0.05) is 26.2 Å². The summed E-state index contributed by atoms with van der Waals surface area (Å²) in [5.74, 6) is 1.34. The van der Waals surface area contributed by atoms with Crippen LogP contribution in [-0.2, 0) is 4.79 Å². The van der Waals surface area contributed by atoms with Gasteiger partial charge in [-0.25, -0.2) is 0 Å². The highest BCUT2D eigenvalue weighted by molar-refractivity contribution is 5.82. The number of hydrogen-bond donors (Lipinski definition) is 0. The van der Waals surface area contributed by atoms with Crippen LogP contribution in [0.1, 0.15) is 17.2 Å². The summed E-state index contributed by atoms with van der Waals surface area (Å²) in [6, 6.07) is 28.8. The molecule has 2 heterocycles. The Balaban J connectivity index is 1.27. The quantitative estimate of drug-likeness (QED) is 0.652. The Bertz CT molecular complexity index is 978. The third-order valence-corrected chi connectivity index (χ3v) is 6.01. The van der Waals surface area contributed by atoms with Gasteiger partial charge in [0.15, 0.2) is 11.5 Å². The molecule has 31 heavy (non-hydrogen) atoms. The largest absolute Gasteiger partial charge is 0.485 e. The predicted octanol–water partition coefficient (Wildman–Crippen LogP) is 3.76. The van der Waals surface area contributed by atoms with E-state index >= 15 is 0 Å². The number of nitrogens with zero attached hydrogens (tertiary/aromatic N) is 2. The van der Waals surface area contributed by atoms with E-state index in [0.29, 0.717) is 24.6 Å². The number of amides is 1. The van der Waals surface area contributed by atoms with Gasteiger partial charge < -0.3 is 14.4 Å². The lowest BCUT2D eigenvalue weighted by molar-refractivity contribution is -0.143. The van der Waals surface area contributed by atoms with Gasteiger partial charge in [-0.2, -0.15) is 0 Å². The molecule has 2 aliphatic rings. The van der Waals surface area contributed by atoms with Crippen LogP contribution in [0.15, 0.2) is 84.9 Å². The molecular formula is C26H26N2O3. The molecule has 1 amide bonds. The van der Waals surface area contributed by atoms with E-state index in [1.165, 1.54) is 11.1 Å². The summed E-state index contributed by atoms with van der Waals surface area (Å²) < 4.78 is 11.7. The minimum atomic E-state index is -0.583.